The van der Waals surface area contributed by atoms with E-state index in [1.54, 1.807) is 0 Å². The van der Waals surface area contributed by atoms with Crippen LogP contribution in [0.25, 0.3) is 10.8 Å². The molecule has 2 aromatic carbocycles. The fourth-order valence-corrected chi connectivity index (χ4v) is 3.55. The Morgan fingerprint density at radius 1 is 0.429 bits per heavy atom. The van der Waals surface area contributed by atoms with E-state index in [0.717, 1.165) is 0 Å². The van der Waals surface area contributed by atoms with E-state index in [9.17, 15) is 19.2 Å². The maximum Gasteiger partial charge on any atom is 0.338 e. The molecular weight excluding hydrogens is 552 g/mol. The van der Waals surface area contributed by atoms with Gasteiger partial charge in [-0.05, 0) is 24.3 Å². The highest BCUT2D eigenvalue weighted by Gasteiger charge is 2.28. The number of carbonyl (C=O) groups excluding carboxylic acids is 4. The lowest BCUT2D eigenvalue weighted by Crippen LogP contribution is -2.18. The first-order valence-electron chi connectivity index (χ1n) is 12.6. The van der Waals surface area contributed by atoms with Crippen LogP contribution in [0.5, 0.6) is 0 Å². The van der Waals surface area contributed by atoms with Crippen molar-refractivity contribution in [1.82, 2.24) is 0 Å². The van der Waals surface area contributed by atoms with Crippen LogP contribution in [-0.2, 0) is 37.9 Å². The summed E-state index contributed by atoms with van der Waals surface area (Å²) in [7, 11) is 0. The Bertz CT molecular complexity index is 1100. The summed E-state index contributed by atoms with van der Waals surface area (Å²) in [6.07, 6.45) is 4.75. The molecule has 0 aliphatic rings. The predicted octanol–water partition coefficient (Wildman–Crippen LogP) is 4.11. The molecule has 0 atom stereocenters. The number of rotatable bonds is 20. The molecule has 0 fully saturated rings. The zero-order valence-electron chi connectivity index (χ0n) is 23.0. The molecule has 2 rings (SSSR count). The number of ether oxygens (including phenoxy) is 8. The molecular formula is C30H32O12. The molecule has 0 saturated carbocycles. The van der Waals surface area contributed by atoms with Gasteiger partial charge in [-0.25, -0.2) is 19.2 Å². The summed E-state index contributed by atoms with van der Waals surface area (Å²) in [6.45, 7) is 13.2. The van der Waals surface area contributed by atoms with Crippen molar-refractivity contribution in [3.8, 4) is 0 Å². The zero-order chi connectivity index (χ0) is 30.7. The van der Waals surface area contributed by atoms with E-state index < -0.39 is 23.9 Å². The first-order chi connectivity index (χ1) is 20.4. The predicted molar refractivity (Wildman–Crippen MR) is 150 cm³/mol. The molecule has 0 aliphatic carbocycles. The largest absolute Gasteiger partial charge is 0.498 e. The van der Waals surface area contributed by atoms with Gasteiger partial charge in [0, 0.05) is 10.8 Å². The fourth-order valence-electron chi connectivity index (χ4n) is 3.55. The summed E-state index contributed by atoms with van der Waals surface area (Å²) >= 11 is 0. The average molecular weight is 585 g/mol. The molecule has 0 N–H and O–H groups in total. The molecule has 12 nitrogen and oxygen atoms in total. The van der Waals surface area contributed by atoms with Crippen molar-refractivity contribution in [3.05, 3.63) is 97.9 Å². The highest BCUT2D eigenvalue weighted by molar-refractivity contribution is 6.22. The summed E-state index contributed by atoms with van der Waals surface area (Å²) in [4.78, 5) is 52.7. The normalized spacial score (nSPS) is 10.0. The van der Waals surface area contributed by atoms with Crippen LogP contribution in [0.4, 0.5) is 0 Å². The van der Waals surface area contributed by atoms with Crippen LogP contribution in [0.1, 0.15) is 41.4 Å². The summed E-state index contributed by atoms with van der Waals surface area (Å²) in [5.41, 5.74) is -0.522. The van der Waals surface area contributed by atoms with Gasteiger partial charge in [-0.1, -0.05) is 26.3 Å². The van der Waals surface area contributed by atoms with E-state index >= 15 is 0 Å². The number of carbonyl (C=O) groups is 4. The molecule has 42 heavy (non-hydrogen) atoms. The first kappa shape index (κ1) is 32.9. The maximum absolute atomic E-state index is 13.2. The lowest BCUT2D eigenvalue weighted by Gasteiger charge is -2.17. The van der Waals surface area contributed by atoms with Gasteiger partial charge in [0.05, 0.1) is 47.3 Å². The molecule has 0 saturated heterocycles. The van der Waals surface area contributed by atoms with Gasteiger partial charge >= 0.3 is 23.9 Å². The number of hydrogen-bond donors (Lipinski definition) is 0. The zero-order valence-corrected chi connectivity index (χ0v) is 23.0. The van der Waals surface area contributed by atoms with Crippen molar-refractivity contribution >= 4 is 34.6 Å². The quantitative estimate of drug-likeness (QED) is 0.0957. The Labute approximate surface area is 242 Å². The number of benzene rings is 2. The first-order valence-corrected chi connectivity index (χ1v) is 12.6. The van der Waals surface area contributed by atoms with Gasteiger partial charge in [-0.2, -0.15) is 0 Å². The van der Waals surface area contributed by atoms with Gasteiger partial charge in [0.1, 0.15) is 52.9 Å². The van der Waals surface area contributed by atoms with E-state index in [1.165, 1.54) is 49.3 Å². The molecule has 0 bridgehead atoms. The highest BCUT2D eigenvalue weighted by atomic mass is 16.6. The molecule has 0 amide bonds. The van der Waals surface area contributed by atoms with E-state index in [0.29, 0.717) is 0 Å². The van der Waals surface area contributed by atoms with Crippen LogP contribution >= 0.6 is 0 Å². The lowest BCUT2D eigenvalue weighted by molar-refractivity contribution is 0.0402. The third-order valence-corrected chi connectivity index (χ3v) is 5.25. The van der Waals surface area contributed by atoms with Crippen molar-refractivity contribution in [2.24, 2.45) is 0 Å². The molecule has 2 aromatic rings. The highest BCUT2D eigenvalue weighted by Crippen LogP contribution is 2.32. The molecule has 0 spiro atoms. The third kappa shape index (κ3) is 9.44. The average Bonchev–Trinajstić information content (AvgIpc) is 3.00. The second kappa shape index (κ2) is 18.2. The molecule has 224 valence electrons. The number of hydrogen-bond acceptors (Lipinski definition) is 12. The topological polar surface area (TPSA) is 142 Å². The second-order valence-electron chi connectivity index (χ2n) is 7.76. The minimum atomic E-state index is -0.860. The van der Waals surface area contributed by atoms with E-state index in [4.69, 9.17) is 37.9 Å². The van der Waals surface area contributed by atoms with Crippen LogP contribution in [0, 0.1) is 0 Å². The molecule has 0 heterocycles. The van der Waals surface area contributed by atoms with Gasteiger partial charge in [0.2, 0.25) is 0 Å². The van der Waals surface area contributed by atoms with Crippen LogP contribution in [0.15, 0.2) is 75.6 Å². The Balaban J connectivity index is 2.70. The van der Waals surface area contributed by atoms with Crippen molar-refractivity contribution < 1.29 is 57.1 Å². The Kier molecular flexibility index (Phi) is 14.2. The van der Waals surface area contributed by atoms with E-state index in [-0.39, 0.29) is 85.9 Å². The van der Waals surface area contributed by atoms with E-state index in [1.807, 2.05) is 0 Å². The van der Waals surface area contributed by atoms with Gasteiger partial charge < -0.3 is 37.9 Å². The van der Waals surface area contributed by atoms with Gasteiger partial charge in [-0.3, -0.25) is 0 Å². The van der Waals surface area contributed by atoms with E-state index in [2.05, 4.69) is 26.3 Å². The molecule has 0 aromatic heterocycles. The van der Waals surface area contributed by atoms with Crippen molar-refractivity contribution in [1.29, 1.82) is 0 Å². The summed E-state index contributed by atoms with van der Waals surface area (Å²) in [6, 6.07) is 5.11. The van der Waals surface area contributed by atoms with Crippen LogP contribution in [-0.4, -0.2) is 76.7 Å². The van der Waals surface area contributed by atoms with Gasteiger partial charge in [-0.15, -0.1) is 0 Å². The smallest absolute Gasteiger partial charge is 0.338 e. The van der Waals surface area contributed by atoms with Gasteiger partial charge in [0.15, 0.2) is 0 Å². The van der Waals surface area contributed by atoms with Crippen molar-refractivity contribution in [3.63, 3.8) is 0 Å². The number of fused-ring (bicyclic) bond motifs is 1. The molecule has 0 radical (unpaired) electrons. The summed E-state index contributed by atoms with van der Waals surface area (Å²) < 4.78 is 41.1. The second-order valence-corrected chi connectivity index (χ2v) is 7.76. The summed E-state index contributed by atoms with van der Waals surface area (Å²) in [5.74, 6) is -3.44. The Hall–Kier alpha value is -5.26. The SMILES string of the molecule is C=COCCOC(=O)c1ccc(C(=O)OCCOC=C)c2c(C(=O)OCCOC=C)ccc(C(=O)OCCOC=C)c12. The monoisotopic (exact) mass is 584 g/mol. The maximum atomic E-state index is 13.2. The standard InChI is InChI=1S/C30H32O12/c1-5-35-13-17-39-27(31)21-9-10-23(29(33)41-19-15-37-7-3)26-24(30(34)42-20-16-38-8-4)12-11-22(25(21)26)28(32)40-18-14-36-6-2/h5-12H,1-4,13-20H2. The minimum absolute atomic E-state index is 0.0208. The Morgan fingerprint density at radius 3 is 0.833 bits per heavy atom. The molecule has 0 unspecified atom stereocenters. The molecule has 12 heteroatoms. The van der Waals surface area contributed by atoms with Gasteiger partial charge in [0.25, 0.3) is 0 Å². The van der Waals surface area contributed by atoms with Crippen LogP contribution in [0.3, 0.4) is 0 Å². The third-order valence-electron chi connectivity index (χ3n) is 5.25. The van der Waals surface area contributed by atoms with Crippen LogP contribution < -0.4 is 0 Å². The number of esters is 4. The lowest BCUT2D eigenvalue weighted by atomic mass is 9.91. The van der Waals surface area contributed by atoms with Crippen LogP contribution in [0.2, 0.25) is 0 Å². The minimum Gasteiger partial charge on any atom is -0.498 e. The van der Waals surface area contributed by atoms with Crippen molar-refractivity contribution in [2.45, 2.75) is 0 Å². The molecule has 0 aliphatic heterocycles. The Morgan fingerprint density at radius 2 is 0.643 bits per heavy atom. The summed E-state index contributed by atoms with van der Waals surface area (Å²) in [5, 5.41) is -0.180. The van der Waals surface area contributed by atoms with Crippen molar-refractivity contribution in [2.75, 3.05) is 52.9 Å². The fraction of sp³-hybridized carbons (Fsp3) is 0.267.